The van der Waals surface area contributed by atoms with Crippen LogP contribution in [0.1, 0.15) is 16.7 Å². The lowest BCUT2D eigenvalue weighted by molar-refractivity contribution is -0.118. The number of nitrogens with zero attached hydrogens (tertiary/aromatic N) is 1. The van der Waals surface area contributed by atoms with Gasteiger partial charge in [0.2, 0.25) is 0 Å². The first kappa shape index (κ1) is 26.6. The highest BCUT2D eigenvalue weighted by Gasteiger charge is 2.16. The second-order valence-corrected chi connectivity index (χ2v) is 8.54. The molecule has 7 nitrogen and oxygen atoms in total. The summed E-state index contributed by atoms with van der Waals surface area (Å²) in [5.41, 5.74) is 3.32. The van der Waals surface area contributed by atoms with Crippen LogP contribution in [0.25, 0.3) is 6.08 Å². The molecule has 0 aliphatic rings. The summed E-state index contributed by atoms with van der Waals surface area (Å²) in [7, 11) is 1.41. The monoisotopic (exact) mass is 523 g/mol. The van der Waals surface area contributed by atoms with Crippen LogP contribution in [0.3, 0.4) is 0 Å². The number of nitriles is 1. The highest BCUT2D eigenvalue weighted by molar-refractivity contribution is 6.33. The number of nitrogens with one attached hydrogen (secondary N) is 2. The highest BCUT2D eigenvalue weighted by atomic mass is 35.5. The normalized spacial score (nSPS) is 10.8. The summed E-state index contributed by atoms with van der Waals surface area (Å²) in [5, 5.41) is 15.5. The van der Waals surface area contributed by atoms with Crippen molar-refractivity contribution >= 4 is 52.5 Å². The zero-order valence-electron chi connectivity index (χ0n) is 19.8. The second kappa shape index (κ2) is 12.1. The average Bonchev–Trinajstić information content (AvgIpc) is 2.85. The van der Waals surface area contributed by atoms with Crippen molar-refractivity contribution in [3.05, 3.63) is 86.9 Å². The summed E-state index contributed by atoms with van der Waals surface area (Å²) in [6.45, 7) is 3.47. The number of para-hydroxylation sites is 1. The molecule has 0 fully saturated rings. The Kier molecular flexibility index (Phi) is 8.96. The number of hydrogen-bond acceptors (Lipinski definition) is 5. The first-order valence-electron chi connectivity index (χ1n) is 10.8. The van der Waals surface area contributed by atoms with E-state index < -0.39 is 11.8 Å². The van der Waals surface area contributed by atoms with Crippen LogP contribution in [0.4, 0.5) is 11.4 Å². The zero-order valence-corrected chi connectivity index (χ0v) is 21.3. The number of hydrogen-bond donors (Lipinski definition) is 2. The van der Waals surface area contributed by atoms with Gasteiger partial charge in [0.1, 0.15) is 11.6 Å². The van der Waals surface area contributed by atoms with Gasteiger partial charge >= 0.3 is 0 Å². The van der Waals surface area contributed by atoms with E-state index in [-0.39, 0.29) is 28.7 Å². The van der Waals surface area contributed by atoms with E-state index in [1.165, 1.54) is 19.3 Å². The van der Waals surface area contributed by atoms with Crippen molar-refractivity contribution in [2.24, 2.45) is 0 Å². The summed E-state index contributed by atoms with van der Waals surface area (Å²) >= 11 is 12.4. The fourth-order valence-electron chi connectivity index (χ4n) is 3.24. The van der Waals surface area contributed by atoms with Gasteiger partial charge in [-0.2, -0.15) is 5.26 Å². The van der Waals surface area contributed by atoms with E-state index in [1.807, 2.05) is 32.0 Å². The Hall–Kier alpha value is -3.99. The predicted octanol–water partition coefficient (Wildman–Crippen LogP) is 6.18. The molecule has 0 aliphatic carbocycles. The molecule has 3 rings (SSSR count). The number of ether oxygens (including phenoxy) is 2. The van der Waals surface area contributed by atoms with Crippen LogP contribution in [0.5, 0.6) is 11.5 Å². The number of anilines is 2. The number of benzene rings is 3. The molecule has 184 valence electrons. The third-order valence-electron chi connectivity index (χ3n) is 5.28. The Labute approximate surface area is 219 Å². The van der Waals surface area contributed by atoms with Gasteiger partial charge in [0.05, 0.1) is 22.8 Å². The molecule has 0 radical (unpaired) electrons. The summed E-state index contributed by atoms with van der Waals surface area (Å²) in [6, 6.07) is 17.3. The van der Waals surface area contributed by atoms with Crippen molar-refractivity contribution in [3.63, 3.8) is 0 Å². The maximum absolute atomic E-state index is 12.7. The topological polar surface area (TPSA) is 100 Å². The van der Waals surface area contributed by atoms with Gasteiger partial charge in [-0.3, -0.25) is 9.59 Å². The minimum atomic E-state index is -0.558. The van der Waals surface area contributed by atoms with Gasteiger partial charge in [0, 0.05) is 5.69 Å². The minimum absolute atomic E-state index is 0.123. The number of halogens is 2. The molecule has 3 aromatic carbocycles. The average molecular weight is 524 g/mol. The van der Waals surface area contributed by atoms with Crippen molar-refractivity contribution in [3.8, 4) is 17.6 Å². The first-order valence-corrected chi connectivity index (χ1v) is 11.5. The number of methoxy groups -OCH3 is 1. The standard InChI is InChI=1S/C27H23Cl2N3O4/c1-16-7-6-10-22(17(16)2)32-27(34)19(14-30)11-18-12-21(29)26(24(13-18)35-3)36-15-25(33)31-23-9-5-4-8-20(23)28/h4-13H,15H2,1-3H3,(H,31,33)(H,32,34)/b19-11-. The smallest absolute Gasteiger partial charge is 0.266 e. The minimum Gasteiger partial charge on any atom is -0.493 e. The van der Waals surface area contributed by atoms with Crippen LogP contribution < -0.4 is 20.1 Å². The quantitative estimate of drug-likeness (QED) is 0.271. The molecule has 0 bridgehead atoms. The van der Waals surface area contributed by atoms with E-state index in [0.717, 1.165) is 11.1 Å². The molecule has 2 N–H and O–H groups in total. The van der Waals surface area contributed by atoms with Crippen LogP contribution >= 0.6 is 23.2 Å². The molecule has 0 heterocycles. The molecule has 9 heteroatoms. The van der Waals surface area contributed by atoms with E-state index >= 15 is 0 Å². The lowest BCUT2D eigenvalue weighted by atomic mass is 10.1. The van der Waals surface area contributed by atoms with Gasteiger partial charge in [0.15, 0.2) is 18.1 Å². The number of carbonyl (C=O) groups excluding carboxylic acids is 2. The summed E-state index contributed by atoms with van der Waals surface area (Å²) in [4.78, 5) is 25.0. The van der Waals surface area contributed by atoms with E-state index in [0.29, 0.717) is 22.0 Å². The van der Waals surface area contributed by atoms with Crippen LogP contribution in [0.15, 0.2) is 60.2 Å². The fourth-order valence-corrected chi connectivity index (χ4v) is 3.70. The zero-order chi connectivity index (χ0) is 26.2. The largest absolute Gasteiger partial charge is 0.493 e. The number of amides is 2. The Morgan fingerprint density at radius 1 is 1.00 bits per heavy atom. The maximum Gasteiger partial charge on any atom is 0.266 e. The van der Waals surface area contributed by atoms with Gasteiger partial charge < -0.3 is 20.1 Å². The number of carbonyl (C=O) groups is 2. The van der Waals surface area contributed by atoms with Crippen LogP contribution in [-0.4, -0.2) is 25.5 Å². The second-order valence-electron chi connectivity index (χ2n) is 7.72. The van der Waals surface area contributed by atoms with Crippen molar-refractivity contribution < 1.29 is 19.1 Å². The molecule has 0 aliphatic heterocycles. The highest BCUT2D eigenvalue weighted by Crippen LogP contribution is 2.37. The summed E-state index contributed by atoms with van der Waals surface area (Å²) < 4.78 is 11.0. The first-order chi connectivity index (χ1) is 17.2. The Morgan fingerprint density at radius 3 is 2.42 bits per heavy atom. The van der Waals surface area contributed by atoms with Crippen molar-refractivity contribution in [2.75, 3.05) is 24.4 Å². The lowest BCUT2D eigenvalue weighted by Crippen LogP contribution is -2.20. The Balaban J connectivity index is 1.76. The lowest BCUT2D eigenvalue weighted by Gasteiger charge is -2.14. The summed E-state index contributed by atoms with van der Waals surface area (Å²) in [6.07, 6.45) is 1.39. The van der Waals surface area contributed by atoms with Crippen molar-refractivity contribution in [1.82, 2.24) is 0 Å². The Morgan fingerprint density at radius 2 is 1.72 bits per heavy atom. The molecular formula is C27H23Cl2N3O4. The summed E-state index contributed by atoms with van der Waals surface area (Å²) in [5.74, 6) is -0.631. The Bertz CT molecular complexity index is 1380. The van der Waals surface area contributed by atoms with Gasteiger partial charge in [0.25, 0.3) is 11.8 Å². The molecule has 0 atom stereocenters. The van der Waals surface area contributed by atoms with Gasteiger partial charge in [-0.15, -0.1) is 0 Å². The predicted molar refractivity (Wildman–Crippen MR) is 142 cm³/mol. The van der Waals surface area contributed by atoms with Crippen LogP contribution in [0, 0.1) is 25.2 Å². The molecule has 36 heavy (non-hydrogen) atoms. The molecule has 0 saturated carbocycles. The van der Waals surface area contributed by atoms with Gasteiger partial charge in [-0.25, -0.2) is 0 Å². The van der Waals surface area contributed by atoms with E-state index in [4.69, 9.17) is 32.7 Å². The number of rotatable bonds is 8. The van der Waals surface area contributed by atoms with E-state index in [1.54, 1.807) is 36.4 Å². The molecule has 2 amide bonds. The van der Waals surface area contributed by atoms with Gasteiger partial charge in [-0.05, 0) is 66.9 Å². The maximum atomic E-state index is 12.7. The van der Waals surface area contributed by atoms with E-state index in [2.05, 4.69) is 10.6 Å². The third kappa shape index (κ3) is 6.57. The van der Waals surface area contributed by atoms with Crippen molar-refractivity contribution in [2.45, 2.75) is 13.8 Å². The SMILES string of the molecule is COc1cc(/C=C(/C#N)C(=O)Nc2cccc(C)c2C)cc(Cl)c1OCC(=O)Nc1ccccc1Cl. The van der Waals surface area contributed by atoms with Gasteiger partial charge in [-0.1, -0.05) is 47.5 Å². The van der Waals surface area contributed by atoms with E-state index in [9.17, 15) is 14.9 Å². The van der Waals surface area contributed by atoms with Crippen LogP contribution in [0.2, 0.25) is 10.0 Å². The number of aryl methyl sites for hydroxylation is 1. The molecule has 0 aromatic heterocycles. The van der Waals surface area contributed by atoms with Crippen molar-refractivity contribution in [1.29, 1.82) is 5.26 Å². The molecule has 3 aromatic rings. The van der Waals surface area contributed by atoms with Crippen LogP contribution in [-0.2, 0) is 9.59 Å². The molecule has 0 spiro atoms. The fraction of sp³-hybridized carbons (Fsp3) is 0.148. The third-order valence-corrected chi connectivity index (χ3v) is 5.89. The molecule has 0 unspecified atom stereocenters. The molecule has 0 saturated heterocycles. The molecular weight excluding hydrogens is 501 g/mol.